The molecule has 2 rings (SSSR count). The summed E-state index contributed by atoms with van der Waals surface area (Å²) >= 11 is 0. The minimum Gasteiger partial charge on any atom is -0.392 e. The molecule has 0 amide bonds. The van der Waals surface area contributed by atoms with Crippen molar-refractivity contribution in [1.82, 2.24) is 0 Å². The molecule has 0 heterocycles. The van der Waals surface area contributed by atoms with Crippen molar-refractivity contribution < 1.29 is 10.2 Å². The van der Waals surface area contributed by atoms with Gasteiger partial charge >= 0.3 is 0 Å². The molecular formula is C10H16O2. The van der Waals surface area contributed by atoms with Gasteiger partial charge in [-0.2, -0.15) is 0 Å². The first kappa shape index (κ1) is 8.27. The zero-order valence-electron chi connectivity index (χ0n) is 7.24. The van der Waals surface area contributed by atoms with E-state index < -0.39 is 0 Å². The Hall–Kier alpha value is -0.340. The third-order valence-corrected chi connectivity index (χ3v) is 3.09. The molecule has 0 aromatic heterocycles. The molecule has 2 nitrogen and oxygen atoms in total. The molecule has 12 heavy (non-hydrogen) atoms. The molecule has 2 heteroatoms. The van der Waals surface area contributed by atoms with Gasteiger partial charge in [0.15, 0.2) is 0 Å². The van der Waals surface area contributed by atoms with Crippen LogP contribution in [-0.4, -0.2) is 22.4 Å². The van der Waals surface area contributed by atoms with E-state index in [0.29, 0.717) is 0 Å². The van der Waals surface area contributed by atoms with Crippen LogP contribution in [0.15, 0.2) is 11.6 Å². The van der Waals surface area contributed by atoms with Crippen molar-refractivity contribution in [2.24, 2.45) is 5.92 Å². The molecule has 0 bridgehead atoms. The van der Waals surface area contributed by atoms with E-state index in [-0.39, 0.29) is 18.1 Å². The van der Waals surface area contributed by atoms with Crippen LogP contribution in [0.3, 0.4) is 0 Å². The van der Waals surface area contributed by atoms with Gasteiger partial charge < -0.3 is 10.2 Å². The fourth-order valence-electron chi connectivity index (χ4n) is 2.47. The summed E-state index contributed by atoms with van der Waals surface area (Å²) in [6.07, 6.45) is 6.46. The molecule has 0 spiro atoms. The van der Waals surface area contributed by atoms with E-state index >= 15 is 0 Å². The number of aliphatic hydroxyl groups is 2. The van der Waals surface area contributed by atoms with Gasteiger partial charge in [-0.15, -0.1) is 0 Å². The van der Waals surface area contributed by atoms with Gasteiger partial charge in [0.05, 0.1) is 12.2 Å². The average Bonchev–Trinajstić information content (AvgIpc) is 2.04. The second-order valence-electron chi connectivity index (χ2n) is 3.91. The first-order valence-electron chi connectivity index (χ1n) is 4.84. The Morgan fingerprint density at radius 3 is 2.67 bits per heavy atom. The summed E-state index contributed by atoms with van der Waals surface area (Å²) in [6.45, 7) is 0. The lowest BCUT2D eigenvalue weighted by atomic mass is 9.74. The first-order chi connectivity index (χ1) is 5.79. The number of fused-ring (bicyclic) bond motifs is 1. The van der Waals surface area contributed by atoms with E-state index in [4.69, 9.17) is 0 Å². The Kier molecular flexibility index (Phi) is 2.20. The van der Waals surface area contributed by atoms with Crippen LogP contribution in [0.4, 0.5) is 0 Å². The quantitative estimate of drug-likeness (QED) is 0.534. The summed E-state index contributed by atoms with van der Waals surface area (Å²) in [5.41, 5.74) is 1.30. The van der Waals surface area contributed by atoms with Gasteiger partial charge in [0.2, 0.25) is 0 Å². The van der Waals surface area contributed by atoms with Crippen LogP contribution in [0.2, 0.25) is 0 Å². The zero-order chi connectivity index (χ0) is 8.55. The van der Waals surface area contributed by atoms with Crippen LogP contribution < -0.4 is 0 Å². The molecule has 2 N–H and O–H groups in total. The van der Waals surface area contributed by atoms with Crippen LogP contribution in [0.1, 0.15) is 32.1 Å². The third kappa shape index (κ3) is 1.29. The second-order valence-corrected chi connectivity index (χ2v) is 3.91. The highest BCUT2D eigenvalue weighted by atomic mass is 16.3. The maximum absolute atomic E-state index is 9.67. The fourth-order valence-corrected chi connectivity index (χ4v) is 2.47. The highest BCUT2D eigenvalue weighted by Crippen LogP contribution is 2.36. The predicted molar refractivity (Wildman–Crippen MR) is 46.7 cm³/mol. The molecule has 2 aliphatic carbocycles. The Morgan fingerprint density at radius 2 is 1.92 bits per heavy atom. The minimum atomic E-state index is -0.291. The monoisotopic (exact) mass is 168 g/mol. The number of hydrogen-bond donors (Lipinski definition) is 2. The van der Waals surface area contributed by atoms with Gasteiger partial charge in [0.1, 0.15) is 0 Å². The number of aliphatic hydroxyl groups excluding tert-OH is 2. The highest BCUT2D eigenvalue weighted by molar-refractivity contribution is 5.16. The molecule has 0 saturated heterocycles. The summed E-state index contributed by atoms with van der Waals surface area (Å²) in [5.74, 6) is 0.0625. The number of rotatable bonds is 0. The molecule has 0 aromatic carbocycles. The van der Waals surface area contributed by atoms with Gasteiger partial charge in [0, 0.05) is 5.92 Å². The molecule has 1 fully saturated rings. The third-order valence-electron chi connectivity index (χ3n) is 3.09. The lowest BCUT2D eigenvalue weighted by Crippen LogP contribution is -2.37. The normalized spacial score (nSPS) is 41.8. The van der Waals surface area contributed by atoms with E-state index in [2.05, 4.69) is 6.08 Å². The van der Waals surface area contributed by atoms with E-state index in [1.807, 2.05) is 0 Å². The van der Waals surface area contributed by atoms with Gasteiger partial charge in [-0.3, -0.25) is 0 Å². The largest absolute Gasteiger partial charge is 0.392 e. The summed E-state index contributed by atoms with van der Waals surface area (Å²) < 4.78 is 0. The standard InChI is InChI=1S/C10H16O2/c11-8-5-1-3-7-4-2-6-9(12)10(7)8/h3,8-12H,1-2,4-6H2. The topological polar surface area (TPSA) is 40.5 Å². The minimum absolute atomic E-state index is 0.0625. The lowest BCUT2D eigenvalue weighted by molar-refractivity contribution is 0.00608. The number of hydrogen-bond acceptors (Lipinski definition) is 2. The van der Waals surface area contributed by atoms with Crippen LogP contribution in [0, 0.1) is 5.92 Å². The molecule has 2 aliphatic rings. The van der Waals surface area contributed by atoms with E-state index in [0.717, 1.165) is 32.1 Å². The Labute approximate surface area is 72.9 Å². The van der Waals surface area contributed by atoms with Crippen molar-refractivity contribution in [1.29, 1.82) is 0 Å². The van der Waals surface area contributed by atoms with Gasteiger partial charge in [0.25, 0.3) is 0 Å². The van der Waals surface area contributed by atoms with Crippen molar-refractivity contribution in [3.05, 3.63) is 11.6 Å². The van der Waals surface area contributed by atoms with E-state index in [9.17, 15) is 10.2 Å². The van der Waals surface area contributed by atoms with Crippen molar-refractivity contribution >= 4 is 0 Å². The van der Waals surface area contributed by atoms with Crippen molar-refractivity contribution in [3.63, 3.8) is 0 Å². The maximum atomic E-state index is 9.67. The molecule has 0 radical (unpaired) electrons. The van der Waals surface area contributed by atoms with Crippen molar-refractivity contribution in [2.45, 2.75) is 44.3 Å². The Bertz CT molecular complexity index is 198. The SMILES string of the molecule is OC1CCC=C2CCCC(O)C21. The molecule has 0 aromatic rings. The van der Waals surface area contributed by atoms with Gasteiger partial charge in [-0.1, -0.05) is 11.6 Å². The second kappa shape index (κ2) is 3.19. The Balaban J connectivity index is 2.19. The van der Waals surface area contributed by atoms with Crippen LogP contribution in [0.5, 0.6) is 0 Å². The van der Waals surface area contributed by atoms with Crippen molar-refractivity contribution in [2.75, 3.05) is 0 Å². The molecule has 1 saturated carbocycles. The predicted octanol–water partition coefficient (Wildman–Crippen LogP) is 1.23. The zero-order valence-corrected chi connectivity index (χ0v) is 7.24. The molecule has 68 valence electrons. The Morgan fingerprint density at radius 1 is 1.17 bits per heavy atom. The van der Waals surface area contributed by atoms with Gasteiger partial charge in [-0.25, -0.2) is 0 Å². The molecule has 0 aliphatic heterocycles. The molecule has 3 atom stereocenters. The molecular weight excluding hydrogens is 152 g/mol. The maximum Gasteiger partial charge on any atom is 0.0633 e. The smallest absolute Gasteiger partial charge is 0.0633 e. The van der Waals surface area contributed by atoms with E-state index in [1.165, 1.54) is 5.57 Å². The average molecular weight is 168 g/mol. The molecule has 3 unspecified atom stereocenters. The fraction of sp³-hybridized carbons (Fsp3) is 0.800. The van der Waals surface area contributed by atoms with Crippen molar-refractivity contribution in [3.8, 4) is 0 Å². The summed E-state index contributed by atoms with van der Waals surface area (Å²) in [7, 11) is 0. The highest BCUT2D eigenvalue weighted by Gasteiger charge is 2.34. The summed E-state index contributed by atoms with van der Waals surface area (Å²) in [5, 5.41) is 19.3. The first-order valence-corrected chi connectivity index (χ1v) is 4.84. The van der Waals surface area contributed by atoms with Gasteiger partial charge in [-0.05, 0) is 32.1 Å². The van der Waals surface area contributed by atoms with Crippen LogP contribution >= 0.6 is 0 Å². The number of allylic oxidation sites excluding steroid dienone is 1. The summed E-state index contributed by atoms with van der Waals surface area (Å²) in [6, 6.07) is 0. The van der Waals surface area contributed by atoms with E-state index in [1.54, 1.807) is 0 Å². The van der Waals surface area contributed by atoms with Crippen LogP contribution in [0.25, 0.3) is 0 Å². The summed E-state index contributed by atoms with van der Waals surface area (Å²) in [4.78, 5) is 0. The lowest BCUT2D eigenvalue weighted by Gasteiger charge is -2.36. The van der Waals surface area contributed by atoms with Crippen LogP contribution in [-0.2, 0) is 0 Å².